The van der Waals surface area contributed by atoms with Gasteiger partial charge in [0, 0.05) is 6.08 Å². The van der Waals surface area contributed by atoms with Gasteiger partial charge in [-0.3, -0.25) is 0 Å². The van der Waals surface area contributed by atoms with Gasteiger partial charge in [-0.1, -0.05) is 31.0 Å². The molecule has 2 N–H and O–H groups in total. The molecule has 1 fully saturated rings. The lowest BCUT2D eigenvalue weighted by Crippen LogP contribution is -2.17. The molecule has 0 radical (unpaired) electrons. The third-order valence-corrected chi connectivity index (χ3v) is 4.38. The van der Waals surface area contributed by atoms with Crippen LogP contribution in [0.5, 0.6) is 0 Å². The quantitative estimate of drug-likeness (QED) is 0.497. The van der Waals surface area contributed by atoms with Crippen molar-refractivity contribution in [3.05, 3.63) is 34.9 Å². The standard InChI is InChI=1S/C17H22ClNO2/c1-3-11(2)21-17(20)10-14(12-5-4-6-12)13-7-8-15(18)16(19)9-13/h7-12H,3-6,19H2,1-2H3. The van der Waals surface area contributed by atoms with Crippen molar-refractivity contribution >= 4 is 28.8 Å². The molecule has 0 aromatic heterocycles. The van der Waals surface area contributed by atoms with Crippen LogP contribution < -0.4 is 5.73 Å². The molecule has 4 heteroatoms. The molecule has 1 aromatic rings. The number of nitrogens with two attached hydrogens (primary N) is 1. The monoisotopic (exact) mass is 307 g/mol. The molecule has 1 atom stereocenters. The normalized spacial score (nSPS) is 17.2. The predicted molar refractivity (Wildman–Crippen MR) is 87.0 cm³/mol. The van der Waals surface area contributed by atoms with Gasteiger partial charge in [-0.15, -0.1) is 0 Å². The average Bonchev–Trinajstić information content (AvgIpc) is 2.39. The highest BCUT2D eigenvalue weighted by atomic mass is 35.5. The van der Waals surface area contributed by atoms with Gasteiger partial charge in [-0.05, 0) is 55.4 Å². The lowest BCUT2D eigenvalue weighted by Gasteiger charge is -2.28. The summed E-state index contributed by atoms with van der Waals surface area (Å²) in [7, 11) is 0. The number of benzene rings is 1. The summed E-state index contributed by atoms with van der Waals surface area (Å²) >= 11 is 5.97. The molecule has 0 saturated heterocycles. The lowest BCUT2D eigenvalue weighted by atomic mass is 9.77. The first kappa shape index (κ1) is 15.9. The molecule has 1 aliphatic rings. The zero-order valence-corrected chi connectivity index (χ0v) is 13.3. The molecule has 1 aliphatic carbocycles. The SMILES string of the molecule is CCC(C)OC(=O)C=C(c1ccc(Cl)c(N)c1)C1CCC1. The number of nitrogen functional groups attached to an aromatic ring is 1. The summed E-state index contributed by atoms with van der Waals surface area (Å²) in [6.07, 6.45) is 5.78. The minimum absolute atomic E-state index is 0.0633. The summed E-state index contributed by atoms with van der Waals surface area (Å²) in [5.74, 6) is 0.134. The van der Waals surface area contributed by atoms with Gasteiger partial charge in [0.15, 0.2) is 0 Å². The van der Waals surface area contributed by atoms with E-state index in [0.29, 0.717) is 16.6 Å². The minimum Gasteiger partial charge on any atom is -0.460 e. The van der Waals surface area contributed by atoms with Crippen LogP contribution in [0.1, 0.15) is 45.1 Å². The van der Waals surface area contributed by atoms with Crippen LogP contribution >= 0.6 is 11.6 Å². The average molecular weight is 308 g/mol. The number of ether oxygens (including phenoxy) is 1. The van der Waals surface area contributed by atoms with Crippen LogP contribution in [0.3, 0.4) is 0 Å². The molecule has 0 heterocycles. The molecule has 1 aromatic carbocycles. The Labute approximate surface area is 131 Å². The van der Waals surface area contributed by atoms with Gasteiger partial charge >= 0.3 is 5.97 Å². The fourth-order valence-electron chi connectivity index (χ4n) is 2.32. The fourth-order valence-corrected chi connectivity index (χ4v) is 2.44. The van der Waals surface area contributed by atoms with E-state index in [9.17, 15) is 4.79 Å². The highest BCUT2D eigenvalue weighted by Gasteiger charge is 2.24. The number of hydrogen-bond donors (Lipinski definition) is 1. The number of carbonyl (C=O) groups excluding carboxylic acids is 1. The number of hydrogen-bond acceptors (Lipinski definition) is 3. The molecule has 0 spiro atoms. The Kier molecular flexibility index (Phi) is 5.29. The van der Waals surface area contributed by atoms with Crippen LogP contribution in [0.4, 0.5) is 5.69 Å². The van der Waals surface area contributed by atoms with Crippen LogP contribution in [0.25, 0.3) is 5.57 Å². The van der Waals surface area contributed by atoms with Crippen molar-refractivity contribution in [2.24, 2.45) is 5.92 Å². The van der Waals surface area contributed by atoms with Crippen LogP contribution in [0.15, 0.2) is 24.3 Å². The van der Waals surface area contributed by atoms with Gasteiger partial charge in [-0.2, -0.15) is 0 Å². The molecule has 0 bridgehead atoms. The van der Waals surface area contributed by atoms with Crippen molar-refractivity contribution in [2.75, 3.05) is 5.73 Å². The van der Waals surface area contributed by atoms with E-state index < -0.39 is 0 Å². The van der Waals surface area contributed by atoms with Gasteiger partial charge in [-0.25, -0.2) is 4.79 Å². The molecule has 1 unspecified atom stereocenters. The van der Waals surface area contributed by atoms with Gasteiger partial charge in [0.25, 0.3) is 0 Å². The van der Waals surface area contributed by atoms with E-state index in [2.05, 4.69) is 0 Å². The first-order valence-corrected chi connectivity index (χ1v) is 7.86. The second-order valence-corrected chi connectivity index (χ2v) is 6.03. The zero-order chi connectivity index (χ0) is 15.4. The molecule has 114 valence electrons. The van der Waals surface area contributed by atoms with E-state index >= 15 is 0 Å². The summed E-state index contributed by atoms with van der Waals surface area (Å²) < 4.78 is 5.35. The van der Waals surface area contributed by atoms with Crippen LogP contribution in [-0.4, -0.2) is 12.1 Å². The number of rotatable bonds is 5. The molecule has 21 heavy (non-hydrogen) atoms. The Morgan fingerprint density at radius 3 is 2.76 bits per heavy atom. The summed E-state index contributed by atoms with van der Waals surface area (Å²) in [6.45, 7) is 3.89. The summed E-state index contributed by atoms with van der Waals surface area (Å²) in [6, 6.07) is 5.53. The van der Waals surface area contributed by atoms with E-state index in [1.807, 2.05) is 26.0 Å². The van der Waals surface area contributed by atoms with Gasteiger partial charge in [0.2, 0.25) is 0 Å². The molecular weight excluding hydrogens is 286 g/mol. The number of anilines is 1. The first-order chi connectivity index (χ1) is 10.0. The Morgan fingerprint density at radius 1 is 1.52 bits per heavy atom. The van der Waals surface area contributed by atoms with Crippen molar-refractivity contribution in [3.63, 3.8) is 0 Å². The summed E-state index contributed by atoms with van der Waals surface area (Å²) in [5, 5.41) is 0.536. The third-order valence-electron chi connectivity index (χ3n) is 4.04. The Morgan fingerprint density at radius 2 is 2.24 bits per heavy atom. The summed E-state index contributed by atoms with van der Waals surface area (Å²) in [4.78, 5) is 12.0. The van der Waals surface area contributed by atoms with Crippen LogP contribution in [0.2, 0.25) is 5.02 Å². The Hall–Kier alpha value is -1.48. The minimum atomic E-state index is -0.278. The largest absolute Gasteiger partial charge is 0.460 e. The smallest absolute Gasteiger partial charge is 0.331 e. The highest BCUT2D eigenvalue weighted by molar-refractivity contribution is 6.33. The van der Waals surface area contributed by atoms with E-state index in [1.165, 1.54) is 6.42 Å². The summed E-state index contributed by atoms with van der Waals surface area (Å²) in [5.41, 5.74) is 8.39. The molecule has 0 aliphatic heterocycles. The van der Waals surface area contributed by atoms with Gasteiger partial charge < -0.3 is 10.5 Å². The van der Waals surface area contributed by atoms with Crippen molar-refractivity contribution in [1.29, 1.82) is 0 Å². The number of halogens is 1. The van der Waals surface area contributed by atoms with E-state index in [0.717, 1.165) is 30.4 Å². The maximum atomic E-state index is 12.0. The molecular formula is C17H22ClNO2. The van der Waals surface area contributed by atoms with Crippen LogP contribution in [-0.2, 0) is 9.53 Å². The van der Waals surface area contributed by atoms with E-state index in [4.69, 9.17) is 22.1 Å². The predicted octanol–water partition coefficient (Wildman–Crippen LogP) is 4.45. The molecule has 0 amide bonds. The van der Waals surface area contributed by atoms with Crippen molar-refractivity contribution in [2.45, 2.75) is 45.6 Å². The Bertz CT molecular complexity index is 550. The highest BCUT2D eigenvalue weighted by Crippen LogP contribution is 2.39. The zero-order valence-electron chi connectivity index (χ0n) is 12.6. The Balaban J connectivity index is 2.25. The van der Waals surface area contributed by atoms with Crippen LogP contribution in [0, 0.1) is 5.92 Å². The molecule has 1 saturated carbocycles. The second-order valence-electron chi connectivity index (χ2n) is 5.62. The van der Waals surface area contributed by atoms with Crippen molar-refractivity contribution < 1.29 is 9.53 Å². The second kappa shape index (κ2) is 6.99. The number of allylic oxidation sites excluding steroid dienone is 1. The third kappa shape index (κ3) is 4.01. The first-order valence-electron chi connectivity index (χ1n) is 7.48. The molecule has 2 rings (SSSR count). The van der Waals surface area contributed by atoms with Crippen molar-refractivity contribution in [1.82, 2.24) is 0 Å². The maximum Gasteiger partial charge on any atom is 0.331 e. The van der Waals surface area contributed by atoms with Crippen molar-refractivity contribution in [3.8, 4) is 0 Å². The topological polar surface area (TPSA) is 52.3 Å². The number of esters is 1. The van der Waals surface area contributed by atoms with Gasteiger partial charge in [0.1, 0.15) is 0 Å². The van der Waals surface area contributed by atoms with E-state index in [-0.39, 0.29) is 12.1 Å². The maximum absolute atomic E-state index is 12.0. The fraction of sp³-hybridized carbons (Fsp3) is 0.471. The van der Waals surface area contributed by atoms with E-state index in [1.54, 1.807) is 12.1 Å². The number of carbonyl (C=O) groups is 1. The lowest BCUT2D eigenvalue weighted by molar-refractivity contribution is -0.142. The van der Waals surface area contributed by atoms with Gasteiger partial charge in [0.05, 0.1) is 16.8 Å². The molecule has 3 nitrogen and oxygen atoms in total.